The van der Waals surface area contributed by atoms with E-state index in [4.69, 9.17) is 4.42 Å². The highest BCUT2D eigenvalue weighted by molar-refractivity contribution is 6.05. The molecule has 5 heteroatoms. The maximum atomic E-state index is 12.9. The number of hydrogen-bond donors (Lipinski definition) is 2. The Morgan fingerprint density at radius 3 is 2.63 bits per heavy atom. The standard InChI is InChI=1S/C22H24N2O3/c1-14-5-2-3-7-18(14)21(25)24-20(13-17-6-4-10-27-17)22(26)23-19-12-15-8-9-16(19)11-15/h2-7,10,13,15-16,19H,8-9,11-12H2,1H3,(H,23,26)(H,24,25)/b20-13-/t15-,16-,19-/m0/s1. The molecule has 2 aliphatic rings. The minimum Gasteiger partial charge on any atom is -0.465 e. The first-order valence-corrected chi connectivity index (χ1v) is 9.53. The van der Waals surface area contributed by atoms with Gasteiger partial charge in [0.25, 0.3) is 11.8 Å². The lowest BCUT2D eigenvalue weighted by Crippen LogP contribution is -2.42. The minimum atomic E-state index is -0.297. The van der Waals surface area contributed by atoms with Crippen LogP contribution in [0.5, 0.6) is 0 Å². The fourth-order valence-corrected chi connectivity index (χ4v) is 4.36. The Morgan fingerprint density at radius 1 is 1.11 bits per heavy atom. The normalized spacial score (nSPS) is 24.0. The highest BCUT2D eigenvalue weighted by Gasteiger charge is 2.40. The summed E-state index contributed by atoms with van der Waals surface area (Å²) in [6.45, 7) is 1.88. The van der Waals surface area contributed by atoms with Gasteiger partial charge in [0.2, 0.25) is 0 Å². The Kier molecular flexibility index (Phi) is 4.84. The van der Waals surface area contributed by atoms with Crippen LogP contribution in [0.15, 0.2) is 52.8 Å². The predicted molar refractivity (Wildman–Crippen MR) is 103 cm³/mol. The number of fused-ring (bicyclic) bond motifs is 2. The zero-order valence-electron chi connectivity index (χ0n) is 15.4. The second-order valence-corrected chi connectivity index (χ2v) is 7.60. The first kappa shape index (κ1) is 17.6. The summed E-state index contributed by atoms with van der Waals surface area (Å²) in [7, 11) is 0. The molecular weight excluding hydrogens is 340 g/mol. The van der Waals surface area contributed by atoms with Crippen LogP contribution in [-0.2, 0) is 4.79 Å². The zero-order valence-corrected chi connectivity index (χ0v) is 15.4. The monoisotopic (exact) mass is 364 g/mol. The van der Waals surface area contributed by atoms with Crippen LogP contribution in [0.25, 0.3) is 6.08 Å². The molecule has 4 rings (SSSR count). The van der Waals surface area contributed by atoms with Crippen molar-refractivity contribution in [2.75, 3.05) is 0 Å². The second-order valence-electron chi connectivity index (χ2n) is 7.60. The van der Waals surface area contributed by atoms with E-state index in [-0.39, 0.29) is 23.6 Å². The van der Waals surface area contributed by atoms with Gasteiger partial charge in [0.1, 0.15) is 11.5 Å². The van der Waals surface area contributed by atoms with E-state index in [1.807, 2.05) is 25.1 Å². The summed E-state index contributed by atoms with van der Waals surface area (Å²) in [6.07, 6.45) is 7.83. The van der Waals surface area contributed by atoms with Crippen molar-refractivity contribution < 1.29 is 14.0 Å². The molecule has 5 nitrogen and oxygen atoms in total. The van der Waals surface area contributed by atoms with Crippen molar-refractivity contribution in [3.8, 4) is 0 Å². The lowest BCUT2D eigenvalue weighted by molar-refractivity contribution is -0.118. The second kappa shape index (κ2) is 7.43. The molecule has 2 saturated carbocycles. The van der Waals surface area contributed by atoms with Gasteiger partial charge in [-0.05, 0) is 61.8 Å². The highest BCUT2D eigenvalue weighted by atomic mass is 16.3. The molecule has 140 valence electrons. The molecular formula is C22H24N2O3. The van der Waals surface area contributed by atoms with Crippen LogP contribution >= 0.6 is 0 Å². The number of hydrogen-bond acceptors (Lipinski definition) is 3. The van der Waals surface area contributed by atoms with E-state index < -0.39 is 0 Å². The number of amides is 2. The van der Waals surface area contributed by atoms with Gasteiger partial charge in [-0.15, -0.1) is 0 Å². The highest BCUT2D eigenvalue weighted by Crippen LogP contribution is 2.44. The minimum absolute atomic E-state index is 0.201. The summed E-state index contributed by atoms with van der Waals surface area (Å²) in [6, 6.07) is 11.0. The third-order valence-corrected chi connectivity index (χ3v) is 5.77. The molecule has 2 fully saturated rings. The SMILES string of the molecule is Cc1ccccc1C(=O)N/C(=C\c1ccco1)C(=O)N[C@H]1C[C@H]2CC[C@H]1C2. The van der Waals surface area contributed by atoms with Gasteiger partial charge in [-0.1, -0.05) is 24.6 Å². The molecule has 3 atom stereocenters. The van der Waals surface area contributed by atoms with E-state index in [1.165, 1.54) is 19.3 Å². The molecule has 2 aromatic rings. The average Bonchev–Trinajstić information content (AvgIpc) is 3.39. The van der Waals surface area contributed by atoms with Crippen LogP contribution < -0.4 is 10.6 Å². The summed E-state index contributed by atoms with van der Waals surface area (Å²) in [5, 5.41) is 5.91. The first-order valence-electron chi connectivity index (χ1n) is 9.53. The van der Waals surface area contributed by atoms with Crippen LogP contribution in [0.1, 0.15) is 47.4 Å². The number of furan rings is 1. The van der Waals surface area contributed by atoms with Crippen molar-refractivity contribution in [2.24, 2.45) is 11.8 Å². The summed E-state index contributed by atoms with van der Waals surface area (Å²) in [4.78, 5) is 25.6. The average molecular weight is 364 g/mol. The van der Waals surface area contributed by atoms with Crippen LogP contribution in [-0.4, -0.2) is 17.9 Å². The molecule has 0 aliphatic heterocycles. The Hall–Kier alpha value is -2.82. The topological polar surface area (TPSA) is 71.3 Å². The molecule has 0 radical (unpaired) electrons. The van der Waals surface area contributed by atoms with E-state index in [9.17, 15) is 9.59 Å². The van der Waals surface area contributed by atoms with Gasteiger partial charge in [0, 0.05) is 17.7 Å². The fraction of sp³-hybridized carbons (Fsp3) is 0.364. The molecule has 1 heterocycles. The molecule has 1 aromatic carbocycles. The van der Waals surface area contributed by atoms with Gasteiger partial charge in [-0.2, -0.15) is 0 Å². The first-order chi connectivity index (χ1) is 13.1. The van der Waals surface area contributed by atoms with E-state index >= 15 is 0 Å². The number of nitrogens with one attached hydrogen (secondary N) is 2. The van der Waals surface area contributed by atoms with E-state index in [0.29, 0.717) is 17.2 Å². The van der Waals surface area contributed by atoms with Gasteiger partial charge < -0.3 is 15.1 Å². The molecule has 0 unspecified atom stereocenters. The number of benzene rings is 1. The molecule has 2 N–H and O–H groups in total. The van der Waals surface area contributed by atoms with Gasteiger partial charge in [-0.25, -0.2) is 0 Å². The van der Waals surface area contributed by atoms with Crippen LogP contribution in [0, 0.1) is 18.8 Å². The number of carbonyl (C=O) groups is 2. The maximum absolute atomic E-state index is 12.9. The largest absolute Gasteiger partial charge is 0.465 e. The smallest absolute Gasteiger partial charge is 0.268 e. The maximum Gasteiger partial charge on any atom is 0.268 e. The quantitative estimate of drug-likeness (QED) is 0.796. The number of aryl methyl sites for hydroxylation is 1. The van der Waals surface area contributed by atoms with Gasteiger partial charge in [0.15, 0.2) is 0 Å². The van der Waals surface area contributed by atoms with E-state index in [1.54, 1.807) is 30.5 Å². The summed E-state index contributed by atoms with van der Waals surface area (Å²) < 4.78 is 5.34. The van der Waals surface area contributed by atoms with E-state index in [0.717, 1.165) is 17.9 Å². The van der Waals surface area contributed by atoms with Crippen LogP contribution in [0.4, 0.5) is 0 Å². The van der Waals surface area contributed by atoms with Crippen LogP contribution in [0.3, 0.4) is 0 Å². The Bertz CT molecular complexity index is 869. The van der Waals surface area contributed by atoms with Crippen LogP contribution in [0.2, 0.25) is 0 Å². The Balaban J connectivity index is 1.53. The Labute approximate surface area is 158 Å². The van der Waals surface area contributed by atoms with Crippen molar-refractivity contribution >= 4 is 17.9 Å². The summed E-state index contributed by atoms with van der Waals surface area (Å²) in [5.41, 5.74) is 1.62. The number of carbonyl (C=O) groups excluding carboxylic acids is 2. The molecule has 2 aliphatic carbocycles. The fourth-order valence-electron chi connectivity index (χ4n) is 4.36. The molecule has 2 amide bonds. The van der Waals surface area contributed by atoms with Gasteiger partial charge in [0.05, 0.1) is 6.26 Å². The van der Waals surface area contributed by atoms with Gasteiger partial charge >= 0.3 is 0 Å². The third kappa shape index (κ3) is 3.82. The molecule has 2 bridgehead atoms. The predicted octanol–water partition coefficient (Wildman–Crippen LogP) is 3.66. The lowest BCUT2D eigenvalue weighted by Gasteiger charge is -2.23. The van der Waals surface area contributed by atoms with Crippen molar-refractivity contribution in [1.82, 2.24) is 10.6 Å². The van der Waals surface area contributed by atoms with E-state index in [2.05, 4.69) is 10.6 Å². The molecule has 0 spiro atoms. The van der Waals surface area contributed by atoms with Crippen molar-refractivity contribution in [3.63, 3.8) is 0 Å². The molecule has 1 aromatic heterocycles. The number of rotatable bonds is 5. The van der Waals surface area contributed by atoms with Crippen molar-refractivity contribution in [3.05, 3.63) is 65.2 Å². The van der Waals surface area contributed by atoms with Crippen molar-refractivity contribution in [2.45, 2.75) is 38.6 Å². The summed E-state index contributed by atoms with van der Waals surface area (Å²) in [5.74, 6) is 1.27. The summed E-state index contributed by atoms with van der Waals surface area (Å²) >= 11 is 0. The third-order valence-electron chi connectivity index (χ3n) is 5.77. The van der Waals surface area contributed by atoms with Crippen molar-refractivity contribution in [1.29, 1.82) is 0 Å². The molecule has 0 saturated heterocycles. The zero-order chi connectivity index (χ0) is 18.8. The molecule has 27 heavy (non-hydrogen) atoms. The lowest BCUT2D eigenvalue weighted by atomic mass is 9.95. The Morgan fingerprint density at radius 2 is 1.96 bits per heavy atom. The van der Waals surface area contributed by atoms with Gasteiger partial charge in [-0.3, -0.25) is 9.59 Å².